The zero-order valence-corrected chi connectivity index (χ0v) is 30.8. The number of anilines is 2. The molecule has 6 rings (SSSR count). The van der Waals surface area contributed by atoms with E-state index < -0.39 is 0 Å². The quantitative estimate of drug-likeness (QED) is 0.104. The Bertz CT molecular complexity index is 1690. The number of allylic oxidation sites excluding steroid dienone is 2. The lowest BCUT2D eigenvalue weighted by Crippen LogP contribution is -2.47. The van der Waals surface area contributed by atoms with Crippen LogP contribution in [0, 0.1) is 0 Å². The van der Waals surface area contributed by atoms with Crippen molar-refractivity contribution in [2.45, 2.75) is 57.9 Å². The van der Waals surface area contributed by atoms with Crippen LogP contribution in [-0.2, 0) is 22.4 Å². The second-order valence-corrected chi connectivity index (χ2v) is 12.9. The monoisotopic (exact) mass is 717 g/mol. The number of benzene rings is 2. The molecule has 0 bridgehead atoms. The largest absolute Gasteiger partial charge is 0.502 e. The number of aliphatic hydroxyl groups excluding tert-OH is 2. The van der Waals surface area contributed by atoms with Gasteiger partial charge < -0.3 is 24.4 Å². The number of fused-ring (bicyclic) bond motifs is 1. The Labute approximate surface area is 306 Å². The molecule has 12 nitrogen and oxygen atoms in total. The molecule has 2 aliphatic rings. The van der Waals surface area contributed by atoms with Gasteiger partial charge in [0, 0.05) is 57.9 Å². The van der Waals surface area contributed by atoms with Crippen molar-refractivity contribution in [3.63, 3.8) is 0 Å². The summed E-state index contributed by atoms with van der Waals surface area (Å²) < 4.78 is 9.15. The molecule has 0 unspecified atom stereocenters. The fourth-order valence-corrected chi connectivity index (χ4v) is 6.80. The number of aldehydes is 1. The average molecular weight is 718 g/mol. The number of carbonyl (C=O) groups is 2. The van der Waals surface area contributed by atoms with Crippen LogP contribution in [-0.4, -0.2) is 101 Å². The lowest BCUT2D eigenvalue weighted by Gasteiger charge is -2.34. The van der Waals surface area contributed by atoms with E-state index in [-0.39, 0.29) is 6.61 Å². The maximum atomic E-state index is 11.5. The fraction of sp³-hybridized carbons (Fsp3) is 0.447. The van der Waals surface area contributed by atoms with Gasteiger partial charge in [-0.1, -0.05) is 62.4 Å². The van der Waals surface area contributed by atoms with Crippen LogP contribution in [0.15, 0.2) is 66.4 Å². The summed E-state index contributed by atoms with van der Waals surface area (Å²) >= 11 is 4.38. The number of imidazole rings is 1. The van der Waals surface area contributed by atoms with Crippen molar-refractivity contribution in [1.29, 1.82) is 0 Å². The Morgan fingerprint density at radius 1 is 0.980 bits per heavy atom. The zero-order valence-electron chi connectivity index (χ0n) is 29.9. The van der Waals surface area contributed by atoms with Crippen molar-refractivity contribution in [2.75, 3.05) is 62.8 Å². The Balaban J connectivity index is 0.000000258. The number of ether oxygens (including phenoxy) is 1. The lowest BCUT2D eigenvalue weighted by molar-refractivity contribution is -0.106. The van der Waals surface area contributed by atoms with Crippen molar-refractivity contribution >= 4 is 48.0 Å². The zero-order chi connectivity index (χ0) is 36.6. The van der Waals surface area contributed by atoms with Gasteiger partial charge in [-0.05, 0) is 62.1 Å². The molecule has 274 valence electrons. The van der Waals surface area contributed by atoms with Crippen LogP contribution in [0.5, 0.6) is 0 Å². The Hall–Kier alpha value is -4.30. The normalized spacial score (nSPS) is 15.3. The first kappa shape index (κ1) is 39.5. The number of aliphatic hydroxyl groups is 2. The van der Waals surface area contributed by atoms with Gasteiger partial charge in [-0.3, -0.25) is 18.8 Å². The summed E-state index contributed by atoms with van der Waals surface area (Å²) in [7, 11) is 2.67. The molecule has 0 radical (unpaired) electrons. The summed E-state index contributed by atoms with van der Waals surface area (Å²) in [6.07, 6.45) is 11.0. The van der Waals surface area contributed by atoms with E-state index in [9.17, 15) is 9.59 Å². The second-order valence-electron chi connectivity index (χ2n) is 12.4. The maximum absolute atomic E-state index is 11.5. The fourth-order valence-electron chi connectivity index (χ4n) is 6.62. The van der Waals surface area contributed by atoms with E-state index in [2.05, 4.69) is 67.7 Å². The SMILES string of the molecule is CO.CO/C(C)=C\Cc1c(N(S)C=O)ccc2c1nc(Cc1ccccc1)n2C1CCCCC1.O=Cc1ccc(N2CCN(CCO)CC2)nn1. The third-order valence-corrected chi connectivity index (χ3v) is 9.64. The van der Waals surface area contributed by atoms with Gasteiger partial charge in [-0.25, -0.2) is 4.98 Å². The van der Waals surface area contributed by atoms with Crippen molar-refractivity contribution < 1.29 is 24.5 Å². The molecule has 2 aromatic carbocycles. The smallest absolute Gasteiger partial charge is 0.224 e. The molecule has 1 aliphatic heterocycles. The summed E-state index contributed by atoms with van der Waals surface area (Å²) in [5.74, 6) is 2.72. The molecule has 1 aliphatic carbocycles. The summed E-state index contributed by atoms with van der Waals surface area (Å²) in [4.78, 5) is 31.5. The van der Waals surface area contributed by atoms with Crippen LogP contribution >= 0.6 is 12.8 Å². The molecule has 2 N–H and O–H groups in total. The van der Waals surface area contributed by atoms with Crippen molar-refractivity contribution in [3.05, 3.63) is 89.1 Å². The van der Waals surface area contributed by atoms with Gasteiger partial charge in [0.1, 0.15) is 11.5 Å². The number of thiol groups is 1. The predicted octanol–water partition coefficient (Wildman–Crippen LogP) is 5.04. The van der Waals surface area contributed by atoms with Gasteiger partial charge in [-0.2, -0.15) is 0 Å². The molecule has 2 fully saturated rings. The van der Waals surface area contributed by atoms with Gasteiger partial charge in [0.15, 0.2) is 12.1 Å². The third kappa shape index (κ3) is 10.6. The third-order valence-electron chi connectivity index (χ3n) is 9.33. The average Bonchev–Trinajstić information content (AvgIpc) is 3.56. The van der Waals surface area contributed by atoms with Gasteiger partial charge in [0.25, 0.3) is 0 Å². The highest BCUT2D eigenvalue weighted by Gasteiger charge is 2.24. The second kappa shape index (κ2) is 20.5. The van der Waals surface area contributed by atoms with Crippen LogP contribution in [0.1, 0.15) is 72.5 Å². The predicted molar refractivity (Wildman–Crippen MR) is 204 cm³/mol. The minimum atomic E-state index is 0.202. The summed E-state index contributed by atoms with van der Waals surface area (Å²) in [5, 5.41) is 23.7. The van der Waals surface area contributed by atoms with Gasteiger partial charge in [0.2, 0.25) is 6.41 Å². The summed E-state index contributed by atoms with van der Waals surface area (Å²) in [6, 6.07) is 18.6. The lowest BCUT2D eigenvalue weighted by atomic mass is 9.94. The number of carbonyl (C=O) groups excluding carboxylic acids is 2. The van der Waals surface area contributed by atoms with E-state index in [0.717, 1.165) is 92.4 Å². The molecule has 51 heavy (non-hydrogen) atoms. The first-order chi connectivity index (χ1) is 24.9. The topological polar surface area (TPSA) is 137 Å². The summed E-state index contributed by atoms with van der Waals surface area (Å²) in [6.45, 7) is 6.43. The van der Waals surface area contributed by atoms with Crippen LogP contribution < -0.4 is 9.21 Å². The van der Waals surface area contributed by atoms with Crippen LogP contribution in [0.3, 0.4) is 0 Å². The van der Waals surface area contributed by atoms with Crippen LogP contribution in [0.25, 0.3) is 11.0 Å². The number of amides is 1. The van der Waals surface area contributed by atoms with E-state index in [0.29, 0.717) is 24.4 Å². The van der Waals surface area contributed by atoms with Crippen molar-refractivity contribution in [3.8, 4) is 0 Å². The van der Waals surface area contributed by atoms with Crippen LogP contribution in [0.2, 0.25) is 0 Å². The number of methoxy groups -OCH3 is 1. The molecule has 1 saturated heterocycles. The first-order valence-corrected chi connectivity index (χ1v) is 17.9. The van der Waals surface area contributed by atoms with E-state index in [1.165, 1.54) is 42.0 Å². The first-order valence-electron chi connectivity index (χ1n) is 17.5. The Morgan fingerprint density at radius 2 is 1.71 bits per heavy atom. The van der Waals surface area contributed by atoms with E-state index in [1.54, 1.807) is 13.2 Å². The number of nitrogens with zero attached hydrogens (tertiary/aromatic N) is 7. The molecular formula is C38H51N7O5S. The Kier molecular flexibility index (Phi) is 15.9. The maximum Gasteiger partial charge on any atom is 0.224 e. The molecular weight excluding hydrogens is 667 g/mol. The molecule has 13 heteroatoms. The minimum absolute atomic E-state index is 0.202. The number of hydrogen-bond donors (Lipinski definition) is 3. The molecule has 3 heterocycles. The Morgan fingerprint density at radius 3 is 2.31 bits per heavy atom. The van der Waals surface area contributed by atoms with E-state index >= 15 is 0 Å². The molecule has 0 spiro atoms. The molecule has 2 aromatic heterocycles. The van der Waals surface area contributed by atoms with Crippen LogP contribution in [0.4, 0.5) is 11.5 Å². The number of β-amino-alcohol motifs (C(OH)–C–C–N with tert-alkyl or cyclic N) is 1. The van der Waals surface area contributed by atoms with E-state index in [4.69, 9.17) is 19.9 Å². The minimum Gasteiger partial charge on any atom is -0.502 e. The highest BCUT2D eigenvalue weighted by molar-refractivity contribution is 7.82. The standard InChI is InChI=1S/C26H31N3O2S.C11H16N4O2.CH4O/c1-19(31-2)13-14-22-23(28(32)18-30)15-16-24-26(22)27-25(17-20-9-5-3-6-10-20)29(24)21-11-7-4-8-12-21;16-8-7-14-3-5-15(6-4-14)11-2-1-10(9-17)12-13-11;1-2/h3,5-6,9-10,13,15-16,18,21,32H,4,7-8,11-12,14,17H2,1-2H3;1-2,9,16H,3-8H2;2H,1H3/b19-13-;;. The summed E-state index contributed by atoms with van der Waals surface area (Å²) in [5.41, 5.74) is 5.44. The van der Waals surface area contributed by atoms with Crippen molar-refractivity contribution in [1.82, 2.24) is 24.6 Å². The number of rotatable bonds is 12. The highest BCUT2D eigenvalue weighted by atomic mass is 32.1. The molecule has 1 saturated carbocycles. The van der Waals surface area contributed by atoms with E-state index in [1.807, 2.05) is 31.2 Å². The molecule has 4 aromatic rings. The number of hydrogen-bond acceptors (Lipinski definition) is 11. The molecule has 0 atom stereocenters. The molecule has 1 amide bonds. The van der Waals surface area contributed by atoms with Crippen molar-refractivity contribution in [2.24, 2.45) is 0 Å². The highest BCUT2D eigenvalue weighted by Crippen LogP contribution is 2.37. The van der Waals surface area contributed by atoms with Gasteiger partial charge in [-0.15, -0.1) is 10.2 Å². The number of aromatic nitrogens is 4. The van der Waals surface area contributed by atoms with Gasteiger partial charge >= 0.3 is 0 Å². The van der Waals surface area contributed by atoms with Gasteiger partial charge in [0.05, 0.1) is 36.2 Å². The number of piperazine rings is 1.